The SMILES string of the molecule is COc1ccc(CC(C)(O)CNS(=O)(=O)c2cccc(Cl)c2)cc1. The second-order valence-electron chi connectivity index (χ2n) is 5.80. The molecule has 0 aliphatic rings. The molecule has 1 unspecified atom stereocenters. The molecule has 0 radical (unpaired) electrons. The minimum absolute atomic E-state index is 0.0650. The number of halogens is 1. The zero-order valence-corrected chi connectivity index (χ0v) is 15.1. The Morgan fingerprint density at radius 3 is 2.46 bits per heavy atom. The van der Waals surface area contributed by atoms with Gasteiger partial charge in [-0.1, -0.05) is 29.8 Å². The third-order valence-corrected chi connectivity index (χ3v) is 5.13. The van der Waals surface area contributed by atoms with Gasteiger partial charge in [0.05, 0.1) is 17.6 Å². The van der Waals surface area contributed by atoms with Crippen molar-refractivity contribution in [2.75, 3.05) is 13.7 Å². The first-order chi connectivity index (χ1) is 11.2. The standard InChI is InChI=1S/C17H20ClNO4S/c1-17(20,11-13-6-8-15(23-2)9-7-13)12-19-24(21,22)16-5-3-4-14(18)10-16/h3-10,19-20H,11-12H2,1-2H3. The number of nitrogens with one attached hydrogen (secondary N) is 1. The van der Waals surface area contributed by atoms with Crippen molar-refractivity contribution in [1.82, 2.24) is 4.72 Å². The zero-order valence-electron chi connectivity index (χ0n) is 13.5. The fourth-order valence-electron chi connectivity index (χ4n) is 2.21. The number of benzene rings is 2. The van der Waals surface area contributed by atoms with E-state index in [1.807, 2.05) is 12.1 Å². The van der Waals surface area contributed by atoms with Gasteiger partial charge in [-0.2, -0.15) is 0 Å². The highest BCUT2D eigenvalue weighted by Crippen LogP contribution is 2.19. The van der Waals surface area contributed by atoms with E-state index in [4.69, 9.17) is 16.3 Å². The normalized spacial score (nSPS) is 14.2. The van der Waals surface area contributed by atoms with Crippen LogP contribution in [-0.2, 0) is 16.4 Å². The van der Waals surface area contributed by atoms with Gasteiger partial charge in [0, 0.05) is 18.0 Å². The summed E-state index contributed by atoms with van der Waals surface area (Å²) in [7, 11) is -2.15. The number of rotatable bonds is 7. The Kier molecular flexibility index (Phi) is 5.87. The van der Waals surface area contributed by atoms with Crippen molar-refractivity contribution >= 4 is 21.6 Å². The van der Waals surface area contributed by atoms with E-state index in [0.29, 0.717) is 11.4 Å². The molecule has 0 amide bonds. The molecule has 0 saturated heterocycles. The van der Waals surface area contributed by atoms with Crippen LogP contribution in [0.3, 0.4) is 0 Å². The molecule has 2 N–H and O–H groups in total. The smallest absolute Gasteiger partial charge is 0.240 e. The number of hydrogen-bond donors (Lipinski definition) is 2. The van der Waals surface area contributed by atoms with Crippen LogP contribution in [-0.4, -0.2) is 32.8 Å². The lowest BCUT2D eigenvalue weighted by Crippen LogP contribution is -2.42. The molecule has 0 aliphatic carbocycles. The van der Waals surface area contributed by atoms with Crippen LogP contribution < -0.4 is 9.46 Å². The van der Waals surface area contributed by atoms with E-state index in [9.17, 15) is 13.5 Å². The van der Waals surface area contributed by atoms with Crippen molar-refractivity contribution in [1.29, 1.82) is 0 Å². The van der Waals surface area contributed by atoms with Crippen LogP contribution in [0.2, 0.25) is 5.02 Å². The van der Waals surface area contributed by atoms with Crippen molar-refractivity contribution in [3.63, 3.8) is 0 Å². The van der Waals surface area contributed by atoms with E-state index >= 15 is 0 Å². The van der Waals surface area contributed by atoms with Crippen LogP contribution in [0.1, 0.15) is 12.5 Å². The summed E-state index contributed by atoms with van der Waals surface area (Å²) in [5, 5.41) is 10.8. The predicted octanol–water partition coefficient (Wildman–Crippen LogP) is 2.62. The first kappa shape index (κ1) is 18.7. The van der Waals surface area contributed by atoms with Crippen LogP contribution in [0.5, 0.6) is 5.75 Å². The number of hydrogen-bond acceptors (Lipinski definition) is 4. The molecular formula is C17H20ClNO4S. The number of methoxy groups -OCH3 is 1. The Morgan fingerprint density at radius 1 is 1.21 bits per heavy atom. The molecule has 2 aromatic carbocycles. The summed E-state index contributed by atoms with van der Waals surface area (Å²) in [5.74, 6) is 0.722. The summed E-state index contributed by atoms with van der Waals surface area (Å²) in [6, 6.07) is 13.2. The van der Waals surface area contributed by atoms with Gasteiger partial charge in [0.25, 0.3) is 0 Å². The van der Waals surface area contributed by atoms with Crippen molar-refractivity contribution < 1.29 is 18.3 Å². The van der Waals surface area contributed by atoms with Gasteiger partial charge in [-0.25, -0.2) is 13.1 Å². The molecule has 130 valence electrons. The van der Waals surface area contributed by atoms with E-state index in [1.165, 1.54) is 12.1 Å². The van der Waals surface area contributed by atoms with E-state index in [-0.39, 0.29) is 11.4 Å². The summed E-state index contributed by atoms with van der Waals surface area (Å²) in [5.41, 5.74) is -0.358. The van der Waals surface area contributed by atoms with Gasteiger partial charge >= 0.3 is 0 Å². The third kappa shape index (κ3) is 5.21. The third-order valence-electron chi connectivity index (χ3n) is 3.49. The van der Waals surface area contributed by atoms with Crippen molar-refractivity contribution in [2.24, 2.45) is 0 Å². The minimum Gasteiger partial charge on any atom is -0.497 e. The van der Waals surface area contributed by atoms with E-state index in [2.05, 4.69) is 4.72 Å². The maximum absolute atomic E-state index is 12.3. The number of sulfonamides is 1. The number of aliphatic hydroxyl groups is 1. The highest BCUT2D eigenvalue weighted by Gasteiger charge is 2.25. The molecule has 24 heavy (non-hydrogen) atoms. The molecule has 7 heteroatoms. The lowest BCUT2D eigenvalue weighted by atomic mass is 9.97. The highest BCUT2D eigenvalue weighted by atomic mass is 35.5. The molecule has 0 spiro atoms. The first-order valence-electron chi connectivity index (χ1n) is 7.32. The topological polar surface area (TPSA) is 75.6 Å². The lowest BCUT2D eigenvalue weighted by molar-refractivity contribution is 0.0657. The summed E-state index contributed by atoms with van der Waals surface area (Å²) >= 11 is 5.82. The van der Waals surface area contributed by atoms with Gasteiger partial charge < -0.3 is 9.84 Å². The maximum Gasteiger partial charge on any atom is 0.240 e. The monoisotopic (exact) mass is 369 g/mol. The summed E-state index contributed by atoms with van der Waals surface area (Å²) in [6.07, 6.45) is 0.301. The van der Waals surface area contributed by atoms with Gasteiger partial charge in [-0.15, -0.1) is 0 Å². The Labute approximate surface area is 147 Å². The van der Waals surface area contributed by atoms with Crippen molar-refractivity contribution in [3.8, 4) is 5.75 Å². The zero-order chi connectivity index (χ0) is 17.8. The van der Waals surface area contributed by atoms with Gasteiger partial charge in [-0.05, 0) is 42.8 Å². The lowest BCUT2D eigenvalue weighted by Gasteiger charge is -2.24. The molecule has 1 atom stereocenters. The fraction of sp³-hybridized carbons (Fsp3) is 0.294. The average Bonchev–Trinajstić information content (AvgIpc) is 2.54. The number of ether oxygens (including phenoxy) is 1. The molecule has 5 nitrogen and oxygen atoms in total. The van der Waals surface area contributed by atoms with Crippen LogP contribution in [0.25, 0.3) is 0 Å². The Bertz CT molecular complexity index is 788. The summed E-state index contributed by atoms with van der Waals surface area (Å²) < 4.78 is 32.0. The molecule has 2 rings (SSSR count). The van der Waals surface area contributed by atoms with Crippen LogP contribution >= 0.6 is 11.6 Å². The highest BCUT2D eigenvalue weighted by molar-refractivity contribution is 7.89. The van der Waals surface area contributed by atoms with Gasteiger partial charge in [-0.3, -0.25) is 0 Å². The van der Waals surface area contributed by atoms with Crippen molar-refractivity contribution in [2.45, 2.75) is 23.8 Å². The second-order valence-corrected chi connectivity index (χ2v) is 8.01. The van der Waals surface area contributed by atoms with Crippen LogP contribution in [0.4, 0.5) is 0 Å². The van der Waals surface area contributed by atoms with Gasteiger partial charge in [0.2, 0.25) is 10.0 Å². The van der Waals surface area contributed by atoms with E-state index < -0.39 is 15.6 Å². The molecule has 0 saturated carbocycles. The molecule has 0 heterocycles. The van der Waals surface area contributed by atoms with Crippen LogP contribution in [0.15, 0.2) is 53.4 Å². The van der Waals surface area contributed by atoms with Crippen LogP contribution in [0, 0.1) is 0 Å². The van der Waals surface area contributed by atoms with E-state index in [1.54, 1.807) is 38.3 Å². The molecule has 0 bridgehead atoms. The van der Waals surface area contributed by atoms with E-state index in [0.717, 1.165) is 11.3 Å². The largest absolute Gasteiger partial charge is 0.497 e. The van der Waals surface area contributed by atoms with Gasteiger partial charge in [0.15, 0.2) is 0 Å². The van der Waals surface area contributed by atoms with Gasteiger partial charge in [0.1, 0.15) is 5.75 Å². The van der Waals surface area contributed by atoms with Crippen molar-refractivity contribution in [3.05, 3.63) is 59.1 Å². The Morgan fingerprint density at radius 2 is 1.88 bits per heavy atom. The molecule has 2 aromatic rings. The second kappa shape index (κ2) is 7.53. The Balaban J connectivity index is 2.03. The summed E-state index contributed by atoms with van der Waals surface area (Å²) in [4.78, 5) is 0.0650. The first-order valence-corrected chi connectivity index (χ1v) is 9.18. The minimum atomic E-state index is -3.73. The maximum atomic E-state index is 12.3. The summed E-state index contributed by atoms with van der Waals surface area (Å²) in [6.45, 7) is 1.46. The molecule has 0 aliphatic heterocycles. The average molecular weight is 370 g/mol. The molecule has 0 aromatic heterocycles. The quantitative estimate of drug-likeness (QED) is 0.786. The molecule has 0 fully saturated rings. The Hall–Kier alpha value is -1.60. The fourth-order valence-corrected chi connectivity index (χ4v) is 3.68. The predicted molar refractivity (Wildman–Crippen MR) is 94.0 cm³/mol. The molecular weight excluding hydrogens is 350 g/mol.